The first-order valence-corrected chi connectivity index (χ1v) is 4.97. The predicted molar refractivity (Wildman–Crippen MR) is 71.6 cm³/mol. The van der Waals surface area contributed by atoms with Gasteiger partial charge >= 0.3 is 21.1 Å². The van der Waals surface area contributed by atoms with E-state index in [4.69, 9.17) is 0 Å². The topological polar surface area (TPSA) is 0 Å². The van der Waals surface area contributed by atoms with Gasteiger partial charge in [0, 0.05) is 26.8 Å². The molecule has 0 fully saturated rings. The van der Waals surface area contributed by atoms with Crippen molar-refractivity contribution in [2.24, 2.45) is 0 Å². The molecule has 0 aromatic rings. The summed E-state index contributed by atoms with van der Waals surface area (Å²) in [6, 6.07) is 0. The maximum absolute atomic E-state index is 3.72. The Morgan fingerprint density at radius 2 is 1.20 bits per heavy atom. The Bertz CT molecular complexity index is 115. The van der Waals surface area contributed by atoms with Gasteiger partial charge in [-0.05, 0) is 0 Å². The van der Waals surface area contributed by atoms with Gasteiger partial charge in [-0.2, -0.15) is 19.3 Å². The van der Waals surface area contributed by atoms with Gasteiger partial charge in [0.2, 0.25) is 0 Å². The van der Waals surface area contributed by atoms with Gasteiger partial charge in [-0.1, -0.05) is 37.5 Å². The zero-order valence-corrected chi connectivity index (χ0v) is 14.0. The van der Waals surface area contributed by atoms with E-state index in [0.717, 1.165) is 38.5 Å². The molecule has 0 spiro atoms. The minimum absolute atomic E-state index is 0. The van der Waals surface area contributed by atoms with Crippen molar-refractivity contribution in [3.8, 4) is 0 Å². The van der Waals surface area contributed by atoms with Crippen LogP contribution in [0, 0.1) is 20.8 Å². The van der Waals surface area contributed by atoms with Crippen LogP contribution in [-0.2, 0) is 42.1 Å². The van der Waals surface area contributed by atoms with E-state index in [-0.39, 0.29) is 47.8 Å². The van der Waals surface area contributed by atoms with Gasteiger partial charge in [-0.3, -0.25) is 0 Å². The molecule has 0 aromatic carbocycles. The van der Waals surface area contributed by atoms with E-state index in [1.165, 1.54) is 0 Å². The van der Waals surface area contributed by atoms with Crippen molar-refractivity contribution in [3.05, 3.63) is 45.6 Å². The summed E-state index contributed by atoms with van der Waals surface area (Å²) in [5.74, 6) is 0. The summed E-state index contributed by atoms with van der Waals surface area (Å²) >= 11 is 0. The predicted octanol–water partition coefficient (Wildman–Crippen LogP) is 5.54. The summed E-state index contributed by atoms with van der Waals surface area (Å²) in [4.78, 5) is 0. The van der Waals surface area contributed by atoms with Crippen LogP contribution in [0.4, 0.5) is 0 Å². The first-order valence-electron chi connectivity index (χ1n) is 4.97. The Morgan fingerprint density at radius 1 is 0.867 bits per heavy atom. The van der Waals surface area contributed by atoms with Crippen molar-refractivity contribution < 1.29 is 47.8 Å². The molecule has 15 heavy (non-hydrogen) atoms. The molecular formula is C13H31Pt2-. The average Bonchev–Trinajstić information content (AvgIpc) is 2.15. The van der Waals surface area contributed by atoms with Crippen LogP contribution in [0.3, 0.4) is 0 Å². The van der Waals surface area contributed by atoms with Crippen LogP contribution < -0.4 is 0 Å². The molecule has 0 saturated heterocycles. The van der Waals surface area contributed by atoms with Crippen LogP contribution >= 0.6 is 0 Å². The third-order valence-corrected chi connectivity index (χ3v) is 1.32. The number of hydrogen-bond donors (Lipinski definition) is 0. The normalized spacial score (nSPS) is 8.20. The van der Waals surface area contributed by atoms with Gasteiger partial charge in [0.15, 0.2) is 0 Å². The summed E-state index contributed by atoms with van der Waals surface area (Å²) < 4.78 is 0. The molecular weight excluding hydrogens is 546 g/mol. The second-order valence-corrected chi connectivity index (χ2v) is 2.69. The molecule has 0 bridgehead atoms. The molecule has 0 N–H and O–H groups in total. The van der Waals surface area contributed by atoms with Crippen LogP contribution in [0.15, 0.2) is 24.8 Å². The maximum atomic E-state index is 3.72. The quantitative estimate of drug-likeness (QED) is 0.288. The van der Waals surface area contributed by atoms with Crippen molar-refractivity contribution in [3.63, 3.8) is 0 Å². The number of hydrogen-bond acceptors (Lipinski definition) is 0. The van der Waals surface area contributed by atoms with E-state index in [2.05, 4.69) is 39.5 Å². The van der Waals surface area contributed by atoms with Gasteiger partial charge in [0.05, 0.1) is 0 Å². The Balaban J connectivity index is -0.0000000169. The van der Waals surface area contributed by atoms with Gasteiger partial charge in [0.1, 0.15) is 0 Å². The Kier molecular flexibility index (Phi) is 48.7. The summed E-state index contributed by atoms with van der Waals surface area (Å²) in [6.07, 6.45) is 12.5. The molecule has 0 aliphatic rings. The molecule has 0 aliphatic heterocycles. The van der Waals surface area contributed by atoms with Crippen LogP contribution in [0.5, 0.6) is 0 Å². The maximum Gasteiger partial charge on any atom is 2.00 e. The minimum atomic E-state index is 0. The van der Waals surface area contributed by atoms with E-state index in [1.807, 2.05) is 6.08 Å². The molecule has 0 nitrogen and oxygen atoms in total. The first kappa shape index (κ1) is 24.9. The van der Waals surface area contributed by atoms with E-state index < -0.39 is 0 Å². The van der Waals surface area contributed by atoms with Gasteiger partial charge in [-0.25, -0.2) is 0 Å². The van der Waals surface area contributed by atoms with Gasteiger partial charge in [0.25, 0.3) is 0 Å². The second-order valence-electron chi connectivity index (χ2n) is 2.69. The SMILES string of the molecule is C=CCC[CH2-].[CH2-]CC/C=C/CC[CH2-].[HH].[HH].[HH].[HH].[Pt+2].[Pt]. The number of rotatable bonds is 6. The van der Waals surface area contributed by atoms with Crippen molar-refractivity contribution in [1.82, 2.24) is 0 Å². The molecule has 0 unspecified atom stereocenters. The molecule has 0 rings (SSSR count). The Labute approximate surface area is 131 Å². The van der Waals surface area contributed by atoms with Crippen LogP contribution in [-0.4, -0.2) is 0 Å². The molecule has 0 atom stereocenters. The molecule has 104 valence electrons. The Hall–Kier alpha value is 0.857. The molecule has 0 radical (unpaired) electrons. The molecule has 0 aromatic heterocycles. The van der Waals surface area contributed by atoms with Crippen molar-refractivity contribution >= 4 is 0 Å². The molecule has 0 heterocycles. The van der Waals surface area contributed by atoms with E-state index in [0.29, 0.717) is 0 Å². The number of allylic oxidation sites excluding steroid dienone is 3. The van der Waals surface area contributed by atoms with Crippen molar-refractivity contribution in [2.45, 2.75) is 38.5 Å². The van der Waals surface area contributed by atoms with Crippen LogP contribution in [0.1, 0.15) is 44.2 Å². The fraction of sp³-hybridized carbons (Fsp3) is 0.462. The summed E-state index contributed by atoms with van der Waals surface area (Å²) in [5.41, 5.74) is 0. The zero-order valence-electron chi connectivity index (χ0n) is 9.44. The molecule has 2 heteroatoms. The molecule has 0 saturated carbocycles. The minimum Gasteiger partial charge on any atom is -0.343 e. The van der Waals surface area contributed by atoms with Crippen LogP contribution in [0.2, 0.25) is 0 Å². The fourth-order valence-electron chi connectivity index (χ4n) is 0.616. The largest absolute Gasteiger partial charge is 2.00 e. The van der Waals surface area contributed by atoms with E-state index in [9.17, 15) is 0 Å². The monoisotopic (exact) mass is 577 g/mol. The summed E-state index contributed by atoms with van der Waals surface area (Å²) in [7, 11) is 0. The standard InChI is InChI=1S/C8H14.C5H9.2Pt.4H2/c1-3-5-7-8-6-4-2;1-3-5-4-2;;;;;;/h7-8H,1-6H2;3H,1-2,4-5H2;;;4*1H/q-2;-1;;+2;;;;/b8-7+;;;;;;;. The van der Waals surface area contributed by atoms with Crippen molar-refractivity contribution in [1.29, 1.82) is 0 Å². The average molecular weight is 578 g/mol. The Morgan fingerprint density at radius 3 is 1.33 bits per heavy atom. The summed E-state index contributed by atoms with van der Waals surface area (Å²) in [6.45, 7) is 14.5. The fourth-order valence-corrected chi connectivity index (χ4v) is 0.616. The number of unbranched alkanes of at least 4 members (excludes halogenated alkanes) is 3. The first-order chi connectivity index (χ1) is 6.33. The second kappa shape index (κ2) is 29.4. The third kappa shape index (κ3) is 39.8. The van der Waals surface area contributed by atoms with E-state index >= 15 is 0 Å². The molecule has 0 aliphatic carbocycles. The third-order valence-electron chi connectivity index (χ3n) is 1.32. The van der Waals surface area contributed by atoms with Crippen molar-refractivity contribution in [2.75, 3.05) is 0 Å². The van der Waals surface area contributed by atoms with E-state index in [1.54, 1.807) is 0 Å². The van der Waals surface area contributed by atoms with Gasteiger partial charge in [-0.15, -0.1) is 6.58 Å². The van der Waals surface area contributed by atoms with Gasteiger partial charge < -0.3 is 20.8 Å². The zero-order chi connectivity index (χ0) is 10.4. The smallest absolute Gasteiger partial charge is 0.343 e. The molecule has 0 amide bonds. The summed E-state index contributed by atoms with van der Waals surface area (Å²) in [5, 5.41) is 0. The van der Waals surface area contributed by atoms with Crippen LogP contribution in [0.25, 0.3) is 0 Å².